The van der Waals surface area contributed by atoms with Crippen LogP contribution in [0.5, 0.6) is 0 Å². The Balaban J connectivity index is -0.000000419. The van der Waals surface area contributed by atoms with Crippen LogP contribution >= 0.6 is 7.60 Å². The summed E-state index contributed by atoms with van der Waals surface area (Å²) in [6, 6.07) is 0. The molecule has 0 atom stereocenters. The summed E-state index contributed by atoms with van der Waals surface area (Å²) in [6.45, 7) is 0. The van der Waals surface area contributed by atoms with E-state index in [1.165, 1.54) is 0 Å². The zero-order valence-electron chi connectivity index (χ0n) is 12.8. The van der Waals surface area contributed by atoms with E-state index in [2.05, 4.69) is 9.47 Å². The Morgan fingerprint density at radius 2 is 1.33 bits per heavy atom. The van der Waals surface area contributed by atoms with Crippen molar-refractivity contribution in [3.8, 4) is 0 Å². The van der Waals surface area contributed by atoms with Gasteiger partial charge < -0.3 is 44.2 Å². The summed E-state index contributed by atoms with van der Waals surface area (Å²) < 4.78 is 18.1. The van der Waals surface area contributed by atoms with Gasteiger partial charge in [0.25, 0.3) is 0 Å². The van der Waals surface area contributed by atoms with Crippen LogP contribution < -0.4 is 10.2 Å². The number of hydrogen-bond acceptors (Lipinski definition) is 10. The van der Waals surface area contributed by atoms with Crippen molar-refractivity contribution in [2.24, 2.45) is 0 Å². The molecular formula is C10H15CaO12P. The first-order valence-corrected chi connectivity index (χ1v) is 7.39. The molecule has 0 rings (SSSR count). The molecule has 24 heavy (non-hydrogen) atoms. The fourth-order valence-electron chi connectivity index (χ4n) is 0.997. The molecule has 0 saturated carbocycles. The van der Waals surface area contributed by atoms with Gasteiger partial charge in [-0.1, -0.05) is 0 Å². The number of carbonyl (C=O) groups is 4. The van der Waals surface area contributed by atoms with Crippen molar-refractivity contribution < 1.29 is 58.3 Å². The molecule has 0 aliphatic heterocycles. The van der Waals surface area contributed by atoms with Crippen molar-refractivity contribution in [3.63, 3.8) is 0 Å². The number of carboxylic acids is 2. The van der Waals surface area contributed by atoms with E-state index in [0.717, 1.165) is 14.2 Å². The molecule has 0 aromatic rings. The van der Waals surface area contributed by atoms with E-state index in [4.69, 9.17) is 9.79 Å². The van der Waals surface area contributed by atoms with Crippen molar-refractivity contribution in [1.82, 2.24) is 0 Å². The first-order valence-electron chi connectivity index (χ1n) is 5.59. The van der Waals surface area contributed by atoms with Gasteiger partial charge in [-0.25, -0.2) is 0 Å². The second kappa shape index (κ2) is 12.6. The Labute approximate surface area is 165 Å². The van der Waals surface area contributed by atoms with E-state index in [1.807, 2.05) is 0 Å². The van der Waals surface area contributed by atoms with Gasteiger partial charge in [0.1, 0.15) is 5.60 Å². The maximum atomic E-state index is 10.8. The molecule has 12 nitrogen and oxygen atoms in total. The quantitative estimate of drug-likeness (QED) is 0.209. The molecule has 0 bridgehead atoms. The fraction of sp³-hybridized carbons (Fsp3) is 0.600. The number of ether oxygens (including phenoxy) is 2. The van der Waals surface area contributed by atoms with Crippen molar-refractivity contribution in [3.05, 3.63) is 0 Å². The Bertz CT molecular complexity index is 480. The van der Waals surface area contributed by atoms with Gasteiger partial charge in [-0.3, -0.25) is 14.2 Å². The molecule has 0 aliphatic carbocycles. The first kappa shape index (κ1) is 28.1. The Morgan fingerprint density at radius 1 is 1.00 bits per heavy atom. The number of aliphatic hydroxyl groups is 1. The summed E-state index contributed by atoms with van der Waals surface area (Å²) in [6.07, 6.45) is -2.95. The average Bonchev–Trinajstić information content (AvgIpc) is 2.35. The van der Waals surface area contributed by atoms with Crippen molar-refractivity contribution in [2.45, 2.75) is 18.4 Å². The number of rotatable bonds is 7. The van der Waals surface area contributed by atoms with Gasteiger partial charge in [-0.2, -0.15) is 0 Å². The molecule has 3 N–H and O–H groups in total. The van der Waals surface area contributed by atoms with Gasteiger partial charge in [0.05, 0.1) is 45.2 Å². The summed E-state index contributed by atoms with van der Waals surface area (Å²) in [5.74, 6) is -5.60. The third-order valence-corrected chi connectivity index (χ3v) is 2.71. The number of carboxylic acid groups (broad SMARTS) is 2. The van der Waals surface area contributed by atoms with Crippen molar-refractivity contribution >= 4 is 69.2 Å². The van der Waals surface area contributed by atoms with Crippen LogP contribution in [0.3, 0.4) is 0 Å². The number of esters is 2. The summed E-state index contributed by atoms with van der Waals surface area (Å²) in [5, 5.41) is 29.4. The summed E-state index contributed by atoms with van der Waals surface area (Å²) in [5.41, 5.74) is -2.60. The smallest absolute Gasteiger partial charge is 0.549 e. The predicted octanol–water partition coefficient (Wildman–Crippen LogP) is -4.87. The van der Waals surface area contributed by atoms with E-state index in [9.17, 15) is 39.1 Å². The van der Waals surface area contributed by atoms with Crippen LogP contribution in [0.25, 0.3) is 0 Å². The molecule has 0 aromatic heterocycles. The van der Waals surface area contributed by atoms with Gasteiger partial charge in [-0.15, -0.1) is 0 Å². The molecule has 0 heterocycles. The van der Waals surface area contributed by atoms with Crippen LogP contribution in [-0.4, -0.2) is 102 Å². The summed E-state index contributed by atoms with van der Waals surface area (Å²) in [4.78, 5) is 57.3. The number of aliphatic carboxylic acids is 2. The van der Waals surface area contributed by atoms with E-state index in [-0.39, 0.29) is 37.7 Å². The van der Waals surface area contributed by atoms with Gasteiger partial charge in [-0.05, 0) is 0 Å². The van der Waals surface area contributed by atoms with Crippen LogP contribution in [0.2, 0.25) is 0 Å². The minimum absolute atomic E-state index is 0. The maximum absolute atomic E-state index is 10.8. The molecule has 134 valence electrons. The SMILES string of the molecule is COC(=O)CC(O)(CC(=O)OC)C(=O)[O-].O=C([O-])CP(=O)(O)O.[Ca+2]. The largest absolute Gasteiger partial charge is 2.00 e. The zero-order chi connectivity index (χ0) is 18.8. The topological polar surface area (TPSA) is 211 Å². The predicted molar refractivity (Wildman–Crippen MR) is 70.9 cm³/mol. The summed E-state index contributed by atoms with van der Waals surface area (Å²) >= 11 is 0. The van der Waals surface area contributed by atoms with Gasteiger partial charge in [0.15, 0.2) is 0 Å². The van der Waals surface area contributed by atoms with Crippen LogP contribution in [-0.2, 0) is 33.2 Å². The molecule has 0 aromatic carbocycles. The molecule has 0 spiro atoms. The molecule has 0 radical (unpaired) electrons. The second-order valence-corrected chi connectivity index (χ2v) is 5.67. The van der Waals surface area contributed by atoms with Gasteiger partial charge >= 0.3 is 57.3 Å². The first-order chi connectivity index (χ1) is 10.3. The molecule has 0 amide bonds. The molecule has 0 unspecified atom stereocenters. The molecule has 0 aliphatic rings. The molecular weight excluding hydrogens is 383 g/mol. The zero-order valence-corrected chi connectivity index (χ0v) is 15.9. The minimum atomic E-state index is -4.38. The van der Waals surface area contributed by atoms with Crippen LogP contribution in [0.1, 0.15) is 12.8 Å². The summed E-state index contributed by atoms with van der Waals surface area (Å²) in [7, 11) is -2.34. The van der Waals surface area contributed by atoms with Gasteiger partial charge in [0.2, 0.25) is 0 Å². The number of methoxy groups -OCH3 is 2. The molecule has 0 saturated heterocycles. The molecule has 14 heteroatoms. The van der Waals surface area contributed by atoms with Crippen LogP contribution in [0.15, 0.2) is 0 Å². The third kappa shape index (κ3) is 14.8. The fourth-order valence-corrected chi connectivity index (χ4v) is 1.33. The Hall–Kier alpha value is -0.750. The van der Waals surface area contributed by atoms with E-state index in [1.54, 1.807) is 0 Å². The molecule has 0 fully saturated rings. The van der Waals surface area contributed by atoms with Crippen molar-refractivity contribution in [1.29, 1.82) is 0 Å². The Morgan fingerprint density at radius 3 is 1.46 bits per heavy atom. The average molecular weight is 398 g/mol. The standard InChI is InChI=1S/C8H12O7.C2H5O5P.Ca/c1-14-5(9)3-8(13,7(11)12)4-6(10)15-2;3-2(4)1-8(5,6)7;/h13H,3-4H2,1-2H3,(H,11,12);1H2,(H,3,4)(H2,5,6,7);/q;;+2/p-2. The normalized spacial score (nSPS) is 10.4. The maximum Gasteiger partial charge on any atom is 2.00 e. The van der Waals surface area contributed by atoms with Crippen molar-refractivity contribution in [2.75, 3.05) is 20.4 Å². The Kier molecular flexibility index (Phi) is 14.7. The van der Waals surface area contributed by atoms with Crippen LogP contribution in [0, 0.1) is 0 Å². The monoisotopic (exact) mass is 398 g/mol. The van der Waals surface area contributed by atoms with E-state index < -0.39 is 56.1 Å². The third-order valence-electron chi connectivity index (χ3n) is 2.04. The number of hydrogen-bond donors (Lipinski definition) is 3. The van der Waals surface area contributed by atoms with E-state index in [0.29, 0.717) is 0 Å². The van der Waals surface area contributed by atoms with E-state index >= 15 is 0 Å². The van der Waals surface area contributed by atoms with Crippen LogP contribution in [0.4, 0.5) is 0 Å². The van der Waals surface area contributed by atoms with Gasteiger partial charge in [0, 0.05) is 0 Å². The minimum Gasteiger partial charge on any atom is -0.549 e. The number of carbonyl (C=O) groups excluding carboxylic acids is 4. The second-order valence-electron chi connectivity index (χ2n) is 4.02.